The molecule has 0 saturated carbocycles. The maximum absolute atomic E-state index is 12.0. The highest BCUT2D eigenvalue weighted by atomic mass is 79.9. The normalized spacial score (nSPS) is 11.6. The summed E-state index contributed by atoms with van der Waals surface area (Å²) in [6, 6.07) is 2.00. The first-order valence-electron chi connectivity index (χ1n) is 6.93. The molecule has 0 atom stereocenters. The largest absolute Gasteiger partial charge is 0.443 e. The number of unbranched alkanes of at least 4 members (excludes halogenated alkanes) is 3. The number of rotatable bonds is 5. The molecule has 0 amide bonds. The molecule has 108 valence electrons. The standard InChI is InChI=1S/C15H24BrNO2/c1-5-6-7-8-9-12-10-13(16)17(11-12)14(18)19-15(2,3)4/h10-11H,5-9H2,1-4H3. The first-order valence-corrected chi connectivity index (χ1v) is 7.73. The van der Waals surface area contributed by atoms with Crippen LogP contribution in [0.4, 0.5) is 4.79 Å². The molecule has 0 saturated heterocycles. The summed E-state index contributed by atoms with van der Waals surface area (Å²) in [5, 5.41) is 0. The molecule has 0 aliphatic carbocycles. The van der Waals surface area contributed by atoms with Crippen LogP contribution in [0.5, 0.6) is 0 Å². The molecular formula is C15H24BrNO2. The van der Waals surface area contributed by atoms with Gasteiger partial charge in [-0.05, 0) is 61.2 Å². The summed E-state index contributed by atoms with van der Waals surface area (Å²) < 4.78 is 7.64. The molecule has 0 unspecified atom stereocenters. The lowest BCUT2D eigenvalue weighted by Gasteiger charge is -2.19. The summed E-state index contributed by atoms with van der Waals surface area (Å²) in [6.45, 7) is 7.81. The first kappa shape index (κ1) is 16.3. The van der Waals surface area contributed by atoms with Crippen LogP contribution in [0.3, 0.4) is 0 Å². The van der Waals surface area contributed by atoms with Gasteiger partial charge in [0.1, 0.15) is 5.60 Å². The van der Waals surface area contributed by atoms with Gasteiger partial charge in [-0.3, -0.25) is 0 Å². The Morgan fingerprint density at radius 1 is 1.32 bits per heavy atom. The molecular weight excluding hydrogens is 306 g/mol. The van der Waals surface area contributed by atoms with Gasteiger partial charge in [-0.25, -0.2) is 9.36 Å². The summed E-state index contributed by atoms with van der Waals surface area (Å²) in [6.07, 6.45) is 7.46. The van der Waals surface area contributed by atoms with Gasteiger partial charge in [-0.1, -0.05) is 26.2 Å². The second-order valence-corrected chi connectivity index (χ2v) is 6.64. The summed E-state index contributed by atoms with van der Waals surface area (Å²) in [4.78, 5) is 12.0. The number of carbonyl (C=O) groups excluding carboxylic acids is 1. The Morgan fingerprint density at radius 3 is 2.58 bits per heavy atom. The van der Waals surface area contributed by atoms with Crippen molar-refractivity contribution in [3.63, 3.8) is 0 Å². The molecule has 0 spiro atoms. The third-order valence-electron chi connectivity index (χ3n) is 2.74. The SMILES string of the molecule is CCCCCCc1cc(Br)n(C(=O)OC(C)(C)C)c1. The number of halogens is 1. The maximum atomic E-state index is 12.0. The van der Waals surface area contributed by atoms with Crippen molar-refractivity contribution in [1.82, 2.24) is 4.57 Å². The average molecular weight is 330 g/mol. The fourth-order valence-electron chi connectivity index (χ4n) is 1.83. The predicted molar refractivity (Wildman–Crippen MR) is 81.6 cm³/mol. The molecule has 0 aromatic carbocycles. The van der Waals surface area contributed by atoms with Crippen molar-refractivity contribution in [2.75, 3.05) is 0 Å². The van der Waals surface area contributed by atoms with Crippen LogP contribution in [0.15, 0.2) is 16.9 Å². The molecule has 0 radical (unpaired) electrons. The third kappa shape index (κ3) is 5.81. The predicted octanol–water partition coefficient (Wildman–Crippen LogP) is 5.16. The van der Waals surface area contributed by atoms with Crippen molar-refractivity contribution in [2.24, 2.45) is 0 Å². The van der Waals surface area contributed by atoms with Gasteiger partial charge in [0.05, 0.1) is 4.60 Å². The van der Waals surface area contributed by atoms with E-state index >= 15 is 0 Å². The molecule has 0 fully saturated rings. The van der Waals surface area contributed by atoms with E-state index in [0.717, 1.165) is 11.0 Å². The Morgan fingerprint density at radius 2 is 2.00 bits per heavy atom. The van der Waals surface area contributed by atoms with Crippen molar-refractivity contribution >= 4 is 22.0 Å². The van der Waals surface area contributed by atoms with E-state index in [0.29, 0.717) is 0 Å². The Hall–Kier alpha value is -0.770. The highest BCUT2D eigenvalue weighted by Gasteiger charge is 2.19. The summed E-state index contributed by atoms with van der Waals surface area (Å²) >= 11 is 3.41. The van der Waals surface area contributed by atoms with Gasteiger partial charge in [0.15, 0.2) is 0 Å². The lowest BCUT2D eigenvalue weighted by molar-refractivity contribution is 0.0533. The van der Waals surface area contributed by atoms with Crippen molar-refractivity contribution < 1.29 is 9.53 Å². The van der Waals surface area contributed by atoms with E-state index in [1.807, 2.05) is 33.0 Å². The van der Waals surface area contributed by atoms with Crippen LogP contribution in [0, 0.1) is 0 Å². The molecule has 0 N–H and O–H groups in total. The number of aromatic nitrogens is 1. The van der Waals surface area contributed by atoms with Crippen LogP contribution in [-0.4, -0.2) is 16.3 Å². The van der Waals surface area contributed by atoms with E-state index in [-0.39, 0.29) is 6.09 Å². The van der Waals surface area contributed by atoms with Crippen LogP contribution in [0.2, 0.25) is 0 Å². The van der Waals surface area contributed by atoms with Crippen molar-refractivity contribution in [3.05, 3.63) is 22.4 Å². The second-order valence-electron chi connectivity index (χ2n) is 5.83. The van der Waals surface area contributed by atoms with Gasteiger partial charge in [-0.2, -0.15) is 0 Å². The molecule has 1 aromatic heterocycles. The number of hydrogen-bond acceptors (Lipinski definition) is 2. The Labute approximate surface area is 124 Å². The van der Waals surface area contributed by atoms with Crippen LogP contribution in [-0.2, 0) is 11.2 Å². The number of hydrogen-bond donors (Lipinski definition) is 0. The fraction of sp³-hybridized carbons (Fsp3) is 0.667. The number of aryl methyl sites for hydroxylation is 1. The molecule has 3 nitrogen and oxygen atoms in total. The van der Waals surface area contributed by atoms with Gasteiger partial charge in [0.2, 0.25) is 0 Å². The van der Waals surface area contributed by atoms with Gasteiger partial charge in [0, 0.05) is 6.20 Å². The number of ether oxygens (including phenoxy) is 1. The Bertz CT molecular complexity index is 418. The quantitative estimate of drug-likeness (QED) is 0.699. The van der Waals surface area contributed by atoms with E-state index in [1.165, 1.54) is 35.8 Å². The highest BCUT2D eigenvalue weighted by molar-refractivity contribution is 9.10. The van der Waals surface area contributed by atoms with Crippen LogP contribution < -0.4 is 0 Å². The molecule has 0 aliphatic rings. The summed E-state index contributed by atoms with van der Waals surface area (Å²) in [5.74, 6) is 0. The van der Waals surface area contributed by atoms with Crippen LogP contribution >= 0.6 is 15.9 Å². The van der Waals surface area contributed by atoms with Gasteiger partial charge < -0.3 is 4.74 Å². The van der Waals surface area contributed by atoms with Crippen molar-refractivity contribution in [3.8, 4) is 0 Å². The van der Waals surface area contributed by atoms with E-state index in [1.54, 1.807) is 0 Å². The molecule has 0 bridgehead atoms. The van der Waals surface area contributed by atoms with E-state index in [4.69, 9.17) is 4.74 Å². The third-order valence-corrected chi connectivity index (χ3v) is 3.35. The number of nitrogens with zero attached hydrogens (tertiary/aromatic N) is 1. The molecule has 1 rings (SSSR count). The smallest absolute Gasteiger partial charge is 0.419 e. The molecule has 1 aromatic rings. The average Bonchev–Trinajstić information content (AvgIpc) is 2.64. The van der Waals surface area contributed by atoms with Gasteiger partial charge in [0.25, 0.3) is 0 Å². The second kappa shape index (κ2) is 7.13. The minimum Gasteiger partial charge on any atom is -0.443 e. The van der Waals surface area contributed by atoms with Crippen molar-refractivity contribution in [2.45, 2.75) is 65.4 Å². The van der Waals surface area contributed by atoms with Crippen molar-refractivity contribution in [1.29, 1.82) is 0 Å². The number of carbonyl (C=O) groups is 1. The molecule has 4 heteroatoms. The van der Waals surface area contributed by atoms with Gasteiger partial charge >= 0.3 is 6.09 Å². The minimum absolute atomic E-state index is 0.334. The highest BCUT2D eigenvalue weighted by Crippen LogP contribution is 2.19. The molecule has 0 aliphatic heterocycles. The van der Waals surface area contributed by atoms with Crippen LogP contribution in [0.1, 0.15) is 58.9 Å². The van der Waals surface area contributed by atoms with E-state index < -0.39 is 5.60 Å². The van der Waals surface area contributed by atoms with Crippen LogP contribution in [0.25, 0.3) is 0 Å². The topological polar surface area (TPSA) is 31.2 Å². The zero-order valence-electron chi connectivity index (χ0n) is 12.3. The lowest BCUT2D eigenvalue weighted by Crippen LogP contribution is -2.26. The zero-order chi connectivity index (χ0) is 14.5. The summed E-state index contributed by atoms with van der Waals surface area (Å²) in [7, 11) is 0. The Balaban J connectivity index is 2.61. The summed E-state index contributed by atoms with van der Waals surface area (Å²) in [5.41, 5.74) is 0.705. The first-order chi connectivity index (χ1) is 8.83. The maximum Gasteiger partial charge on any atom is 0.419 e. The monoisotopic (exact) mass is 329 g/mol. The lowest BCUT2D eigenvalue weighted by atomic mass is 10.1. The molecule has 1 heterocycles. The zero-order valence-corrected chi connectivity index (χ0v) is 13.9. The van der Waals surface area contributed by atoms with E-state index in [2.05, 4.69) is 22.9 Å². The van der Waals surface area contributed by atoms with Gasteiger partial charge in [-0.15, -0.1) is 0 Å². The Kier molecular flexibility index (Phi) is 6.11. The van der Waals surface area contributed by atoms with E-state index in [9.17, 15) is 4.79 Å². The minimum atomic E-state index is -0.470. The molecule has 19 heavy (non-hydrogen) atoms. The fourth-order valence-corrected chi connectivity index (χ4v) is 2.37.